The molecule has 0 fully saturated rings. The second kappa shape index (κ2) is 7.83. The maximum atomic E-state index is 11.8. The monoisotopic (exact) mass is 298 g/mol. The highest BCUT2D eigenvalue weighted by molar-refractivity contribution is 5.83. The molecule has 0 saturated heterocycles. The Morgan fingerprint density at radius 1 is 1.00 bits per heavy atom. The number of carbonyl (C=O) groups is 2. The topological polar surface area (TPSA) is 78.5 Å². The summed E-state index contributed by atoms with van der Waals surface area (Å²) >= 11 is 0. The van der Waals surface area contributed by atoms with Crippen LogP contribution >= 0.6 is 0 Å². The van der Waals surface area contributed by atoms with Crippen LogP contribution in [0.3, 0.4) is 0 Å². The van der Waals surface area contributed by atoms with E-state index in [1.54, 1.807) is 36.4 Å². The predicted molar refractivity (Wildman–Crippen MR) is 79.0 cm³/mol. The van der Waals surface area contributed by atoms with Gasteiger partial charge in [-0.05, 0) is 24.1 Å². The SMILES string of the molecule is O=C(COc1ccccc1)NC(Cc1ccccc1)C(=O)[O-]. The molecule has 0 heterocycles. The number of rotatable bonds is 7. The molecule has 0 aromatic heterocycles. The number of hydrogen-bond acceptors (Lipinski definition) is 4. The van der Waals surface area contributed by atoms with Crippen molar-refractivity contribution in [2.24, 2.45) is 0 Å². The third-order valence-electron chi connectivity index (χ3n) is 3.02. The molecule has 0 aliphatic rings. The first-order chi connectivity index (χ1) is 10.6. The van der Waals surface area contributed by atoms with E-state index in [0.717, 1.165) is 5.56 Å². The van der Waals surface area contributed by atoms with E-state index in [1.165, 1.54) is 0 Å². The molecule has 0 radical (unpaired) electrons. The van der Waals surface area contributed by atoms with Gasteiger partial charge in [-0.15, -0.1) is 0 Å². The number of ether oxygens (including phenoxy) is 1. The lowest BCUT2D eigenvalue weighted by molar-refractivity contribution is -0.308. The first-order valence-electron chi connectivity index (χ1n) is 6.87. The zero-order valence-corrected chi connectivity index (χ0v) is 11.9. The van der Waals surface area contributed by atoms with Gasteiger partial charge in [0.15, 0.2) is 6.61 Å². The number of para-hydroxylation sites is 1. The van der Waals surface area contributed by atoms with Gasteiger partial charge in [0.05, 0.1) is 12.0 Å². The lowest BCUT2D eigenvalue weighted by Crippen LogP contribution is -2.50. The average molecular weight is 298 g/mol. The normalized spacial score (nSPS) is 11.5. The molecule has 0 aliphatic heterocycles. The number of carbonyl (C=O) groups excluding carboxylic acids is 2. The maximum Gasteiger partial charge on any atom is 0.258 e. The van der Waals surface area contributed by atoms with Crippen molar-refractivity contribution in [1.82, 2.24) is 5.32 Å². The molecule has 114 valence electrons. The summed E-state index contributed by atoms with van der Waals surface area (Å²) in [6.07, 6.45) is 0.167. The molecule has 1 N–H and O–H groups in total. The number of aliphatic carboxylic acids is 1. The van der Waals surface area contributed by atoms with Crippen molar-refractivity contribution in [2.75, 3.05) is 6.61 Å². The Balaban J connectivity index is 1.88. The fourth-order valence-corrected chi connectivity index (χ4v) is 1.94. The van der Waals surface area contributed by atoms with Crippen molar-refractivity contribution in [1.29, 1.82) is 0 Å². The molecule has 2 aromatic carbocycles. The molecule has 0 saturated carbocycles. The van der Waals surface area contributed by atoms with Crippen molar-refractivity contribution in [3.8, 4) is 5.75 Å². The number of carboxylic acid groups (broad SMARTS) is 1. The van der Waals surface area contributed by atoms with Crippen LogP contribution in [0.4, 0.5) is 0 Å². The van der Waals surface area contributed by atoms with Crippen LogP contribution in [0, 0.1) is 0 Å². The highest BCUT2D eigenvalue weighted by Crippen LogP contribution is 2.08. The van der Waals surface area contributed by atoms with E-state index in [0.29, 0.717) is 5.75 Å². The summed E-state index contributed by atoms with van der Waals surface area (Å²) in [5, 5.41) is 13.6. The lowest BCUT2D eigenvalue weighted by atomic mass is 10.1. The second-order valence-corrected chi connectivity index (χ2v) is 4.73. The van der Waals surface area contributed by atoms with Crippen LogP contribution in [0.25, 0.3) is 0 Å². The number of benzene rings is 2. The molecule has 1 unspecified atom stereocenters. The number of hydrogen-bond donors (Lipinski definition) is 1. The van der Waals surface area contributed by atoms with Gasteiger partial charge in [0, 0.05) is 0 Å². The Bertz CT molecular complexity index is 613. The highest BCUT2D eigenvalue weighted by Gasteiger charge is 2.14. The van der Waals surface area contributed by atoms with Crippen molar-refractivity contribution in [2.45, 2.75) is 12.5 Å². The van der Waals surface area contributed by atoms with Crippen molar-refractivity contribution < 1.29 is 19.4 Å². The van der Waals surface area contributed by atoms with Gasteiger partial charge in [-0.3, -0.25) is 4.79 Å². The summed E-state index contributed by atoms with van der Waals surface area (Å²) in [4.78, 5) is 22.9. The smallest absolute Gasteiger partial charge is 0.258 e. The molecule has 2 rings (SSSR count). The van der Waals surface area contributed by atoms with E-state index < -0.39 is 17.9 Å². The molecule has 0 aliphatic carbocycles. The highest BCUT2D eigenvalue weighted by atomic mass is 16.5. The zero-order valence-electron chi connectivity index (χ0n) is 11.9. The second-order valence-electron chi connectivity index (χ2n) is 4.73. The molecule has 22 heavy (non-hydrogen) atoms. The number of amides is 1. The predicted octanol–water partition coefficient (Wildman–Crippen LogP) is 0.543. The summed E-state index contributed by atoms with van der Waals surface area (Å²) in [5.41, 5.74) is 0.806. The fraction of sp³-hybridized carbons (Fsp3) is 0.176. The van der Waals surface area contributed by atoms with Gasteiger partial charge in [0.2, 0.25) is 0 Å². The third kappa shape index (κ3) is 4.94. The van der Waals surface area contributed by atoms with Gasteiger partial charge in [-0.25, -0.2) is 0 Å². The van der Waals surface area contributed by atoms with Crippen LogP contribution in [0.1, 0.15) is 5.56 Å². The summed E-state index contributed by atoms with van der Waals surface area (Å²) in [7, 11) is 0. The van der Waals surface area contributed by atoms with Gasteiger partial charge in [0.1, 0.15) is 5.75 Å². The first-order valence-corrected chi connectivity index (χ1v) is 6.87. The van der Waals surface area contributed by atoms with Gasteiger partial charge >= 0.3 is 0 Å². The van der Waals surface area contributed by atoms with Crippen LogP contribution in [0.2, 0.25) is 0 Å². The largest absolute Gasteiger partial charge is 0.548 e. The van der Waals surface area contributed by atoms with E-state index in [9.17, 15) is 14.7 Å². The minimum Gasteiger partial charge on any atom is -0.548 e. The van der Waals surface area contributed by atoms with E-state index in [2.05, 4.69) is 5.32 Å². The van der Waals surface area contributed by atoms with Crippen LogP contribution in [-0.4, -0.2) is 24.5 Å². The van der Waals surface area contributed by atoms with E-state index in [-0.39, 0.29) is 13.0 Å². The van der Waals surface area contributed by atoms with Gasteiger partial charge in [-0.2, -0.15) is 0 Å². The van der Waals surface area contributed by atoms with Gasteiger partial charge in [0.25, 0.3) is 5.91 Å². The lowest BCUT2D eigenvalue weighted by Gasteiger charge is -2.20. The van der Waals surface area contributed by atoms with Crippen LogP contribution in [-0.2, 0) is 16.0 Å². The minimum atomic E-state index is -1.32. The molecular formula is C17H16NO4-. The maximum absolute atomic E-state index is 11.8. The average Bonchev–Trinajstić information content (AvgIpc) is 2.54. The molecule has 5 heteroatoms. The molecular weight excluding hydrogens is 282 g/mol. The summed E-state index contributed by atoms with van der Waals surface area (Å²) in [5.74, 6) is -1.28. The summed E-state index contributed by atoms with van der Waals surface area (Å²) in [6.45, 7) is -0.247. The fourth-order valence-electron chi connectivity index (χ4n) is 1.94. The van der Waals surface area contributed by atoms with Gasteiger partial charge in [-0.1, -0.05) is 48.5 Å². The van der Waals surface area contributed by atoms with Crippen molar-refractivity contribution in [3.05, 3.63) is 66.2 Å². The summed E-state index contributed by atoms with van der Waals surface area (Å²) in [6, 6.07) is 16.8. The van der Waals surface area contributed by atoms with Crippen LogP contribution in [0.5, 0.6) is 5.75 Å². The molecule has 0 spiro atoms. The van der Waals surface area contributed by atoms with Crippen LogP contribution in [0.15, 0.2) is 60.7 Å². The standard InChI is InChI=1S/C17H17NO4/c19-16(12-22-14-9-5-2-6-10-14)18-15(17(20)21)11-13-7-3-1-4-8-13/h1-10,15H,11-12H2,(H,18,19)(H,20,21)/p-1. The summed E-state index contributed by atoms with van der Waals surface area (Å²) < 4.78 is 5.27. The Kier molecular flexibility index (Phi) is 5.54. The quantitative estimate of drug-likeness (QED) is 0.809. The molecule has 1 atom stereocenters. The van der Waals surface area contributed by atoms with Gasteiger partial charge < -0.3 is 20.0 Å². The molecule has 2 aromatic rings. The molecule has 1 amide bonds. The Hall–Kier alpha value is -2.82. The first kappa shape index (κ1) is 15.6. The molecule has 0 bridgehead atoms. The van der Waals surface area contributed by atoms with Crippen LogP contribution < -0.4 is 15.2 Å². The Morgan fingerprint density at radius 2 is 1.59 bits per heavy atom. The van der Waals surface area contributed by atoms with Crippen molar-refractivity contribution in [3.63, 3.8) is 0 Å². The minimum absolute atomic E-state index is 0.167. The number of carboxylic acids is 1. The molecule has 5 nitrogen and oxygen atoms in total. The zero-order chi connectivity index (χ0) is 15.8. The van der Waals surface area contributed by atoms with E-state index in [1.807, 2.05) is 24.3 Å². The third-order valence-corrected chi connectivity index (χ3v) is 3.02. The Labute approximate surface area is 128 Å². The number of nitrogens with one attached hydrogen (secondary N) is 1. The van der Waals surface area contributed by atoms with Crippen molar-refractivity contribution >= 4 is 11.9 Å². The van der Waals surface area contributed by atoms with E-state index in [4.69, 9.17) is 4.74 Å². The van der Waals surface area contributed by atoms with E-state index >= 15 is 0 Å². The Morgan fingerprint density at radius 3 is 2.18 bits per heavy atom.